The van der Waals surface area contributed by atoms with Crippen molar-refractivity contribution in [3.63, 3.8) is 0 Å². The van der Waals surface area contributed by atoms with E-state index in [4.69, 9.17) is 4.43 Å². The number of hydrogen-bond acceptors (Lipinski definition) is 2. The fraction of sp³-hybridized carbons (Fsp3) is 1.00. The first kappa shape index (κ1) is 14.4. The second kappa shape index (κ2) is 4.92. The quantitative estimate of drug-likeness (QED) is 0.721. The average Bonchev–Trinajstić information content (AvgIpc) is 1.97. The summed E-state index contributed by atoms with van der Waals surface area (Å²) in [6.45, 7) is 17.6. The smallest absolute Gasteiger partial charge is 0.168 e. The summed E-state index contributed by atoms with van der Waals surface area (Å²) in [5.74, 6) is 0. The maximum atomic E-state index is 6.04. The number of rotatable bonds is 3. The Morgan fingerprint density at radius 2 is 1.69 bits per heavy atom. The maximum absolute atomic E-state index is 6.04. The van der Waals surface area contributed by atoms with Gasteiger partial charge < -0.3 is 8.99 Å². The van der Waals surface area contributed by atoms with Gasteiger partial charge in [0.1, 0.15) is 7.75 Å². The summed E-state index contributed by atoms with van der Waals surface area (Å²) in [5.41, 5.74) is 0.397. The van der Waals surface area contributed by atoms with Crippen molar-refractivity contribution in [3.8, 4) is 0 Å². The van der Waals surface area contributed by atoms with Crippen molar-refractivity contribution in [1.82, 2.24) is 4.57 Å². The Kier molecular flexibility index (Phi) is 4.43. The van der Waals surface area contributed by atoms with Gasteiger partial charge in [0.2, 0.25) is 0 Å². The Morgan fingerprint density at radius 1 is 1.19 bits per heavy atom. The molecule has 96 valence electrons. The highest BCUT2D eigenvalue weighted by atomic mass is 29.2. The molecule has 0 aromatic heterocycles. The van der Waals surface area contributed by atoms with Crippen molar-refractivity contribution in [2.75, 3.05) is 6.61 Å². The van der Waals surface area contributed by atoms with E-state index in [0.29, 0.717) is 17.5 Å². The van der Waals surface area contributed by atoms with Crippen LogP contribution in [0.2, 0.25) is 12.6 Å². The van der Waals surface area contributed by atoms with Gasteiger partial charge in [-0.1, -0.05) is 48.1 Å². The molecule has 0 aliphatic carbocycles. The van der Waals surface area contributed by atoms with Gasteiger partial charge in [0, 0.05) is 6.61 Å². The van der Waals surface area contributed by atoms with Gasteiger partial charge in [-0.3, -0.25) is 0 Å². The van der Waals surface area contributed by atoms with Crippen LogP contribution < -0.4 is 0 Å². The SMILES string of the molecule is CC(C)N(C(C)C)[Si]1(C)CC(C)(C)CO[SiH2]1. The number of nitrogens with zero attached hydrogens (tertiary/aromatic N) is 1. The summed E-state index contributed by atoms with van der Waals surface area (Å²) >= 11 is 0. The Labute approximate surface area is 105 Å². The van der Waals surface area contributed by atoms with Gasteiger partial charge in [0.25, 0.3) is 0 Å². The summed E-state index contributed by atoms with van der Waals surface area (Å²) in [5, 5.41) is 0. The molecule has 1 atom stereocenters. The first-order valence-electron chi connectivity index (χ1n) is 6.54. The lowest BCUT2D eigenvalue weighted by Crippen LogP contribution is -2.66. The van der Waals surface area contributed by atoms with E-state index in [9.17, 15) is 0 Å². The van der Waals surface area contributed by atoms with Crippen molar-refractivity contribution in [2.24, 2.45) is 5.41 Å². The van der Waals surface area contributed by atoms with Crippen LogP contribution in [0.25, 0.3) is 0 Å². The zero-order chi connectivity index (χ0) is 12.6. The summed E-state index contributed by atoms with van der Waals surface area (Å²) in [7, 11) is -1.59. The molecule has 1 fully saturated rings. The summed E-state index contributed by atoms with van der Waals surface area (Å²) in [6, 6.07) is 2.76. The molecule has 16 heavy (non-hydrogen) atoms. The molecule has 0 bridgehead atoms. The first-order valence-corrected chi connectivity index (χ1v) is 12.1. The molecule has 0 radical (unpaired) electrons. The molecule has 1 saturated heterocycles. The molecule has 1 heterocycles. The van der Waals surface area contributed by atoms with Crippen LogP contribution in [0, 0.1) is 5.41 Å². The lowest BCUT2D eigenvalue weighted by atomic mass is 9.98. The molecule has 0 aromatic rings. The Bertz CT molecular complexity index is 235. The second-order valence-corrected chi connectivity index (χ2v) is 16.9. The first-order chi connectivity index (χ1) is 7.18. The van der Waals surface area contributed by atoms with Crippen LogP contribution in [0.5, 0.6) is 0 Å². The van der Waals surface area contributed by atoms with E-state index in [1.807, 2.05) is 0 Å². The Balaban J connectivity index is 2.89. The lowest BCUT2D eigenvalue weighted by molar-refractivity contribution is 0.182. The van der Waals surface area contributed by atoms with Crippen LogP contribution in [0.3, 0.4) is 0 Å². The maximum Gasteiger partial charge on any atom is 0.168 e. The van der Waals surface area contributed by atoms with Crippen LogP contribution in [0.4, 0.5) is 0 Å². The third-order valence-electron chi connectivity index (χ3n) is 3.50. The van der Waals surface area contributed by atoms with Crippen molar-refractivity contribution in [1.29, 1.82) is 0 Å². The van der Waals surface area contributed by atoms with Gasteiger partial charge in [-0.2, -0.15) is 0 Å². The zero-order valence-electron chi connectivity index (χ0n) is 12.1. The minimum Gasteiger partial charge on any atom is -0.425 e. The molecular formula is C12H29NOSi2. The minimum atomic E-state index is -1.28. The monoisotopic (exact) mass is 259 g/mol. The van der Waals surface area contributed by atoms with Gasteiger partial charge in [-0.15, -0.1) is 0 Å². The van der Waals surface area contributed by atoms with E-state index in [0.717, 1.165) is 6.61 Å². The highest BCUT2D eigenvalue weighted by Gasteiger charge is 2.45. The standard InChI is InChI=1S/C12H29NOSi2/c1-10(2)13(11(3)4)16(7)9-12(5,6)8-14-15-16/h10-11H,8-9,15H2,1-7H3. The Morgan fingerprint density at radius 3 is 2.06 bits per heavy atom. The van der Waals surface area contributed by atoms with Crippen molar-refractivity contribution in [3.05, 3.63) is 0 Å². The highest BCUT2D eigenvalue weighted by molar-refractivity contribution is 7.20. The van der Waals surface area contributed by atoms with Crippen molar-refractivity contribution in [2.45, 2.75) is 66.2 Å². The predicted molar refractivity (Wildman–Crippen MR) is 76.8 cm³/mol. The molecule has 2 nitrogen and oxygen atoms in total. The number of hydrogen-bond donors (Lipinski definition) is 0. The van der Waals surface area contributed by atoms with Crippen molar-refractivity contribution >= 4 is 17.0 Å². The second-order valence-electron chi connectivity index (χ2n) is 6.93. The van der Waals surface area contributed by atoms with Crippen molar-refractivity contribution < 1.29 is 4.43 Å². The lowest BCUT2D eigenvalue weighted by Gasteiger charge is -2.50. The largest absolute Gasteiger partial charge is 0.425 e. The van der Waals surface area contributed by atoms with E-state index in [1.165, 1.54) is 6.04 Å². The van der Waals surface area contributed by atoms with Gasteiger partial charge in [-0.25, -0.2) is 0 Å². The van der Waals surface area contributed by atoms with E-state index in [2.05, 4.69) is 52.7 Å². The Hall–Kier alpha value is 0.354. The third-order valence-corrected chi connectivity index (χ3v) is 12.9. The van der Waals surface area contributed by atoms with Crippen LogP contribution in [-0.2, 0) is 4.43 Å². The molecule has 0 N–H and O–H groups in total. The molecule has 1 aliphatic rings. The summed E-state index contributed by atoms with van der Waals surface area (Å²) in [6.07, 6.45) is 0. The molecule has 0 amide bonds. The zero-order valence-corrected chi connectivity index (χ0v) is 14.5. The molecule has 0 saturated carbocycles. The van der Waals surface area contributed by atoms with E-state index in [-0.39, 0.29) is 9.28 Å². The van der Waals surface area contributed by atoms with E-state index < -0.39 is 7.75 Å². The van der Waals surface area contributed by atoms with Gasteiger partial charge in [0.05, 0.1) is 0 Å². The highest BCUT2D eigenvalue weighted by Crippen LogP contribution is 2.35. The normalized spacial score (nSPS) is 31.9. The van der Waals surface area contributed by atoms with E-state index in [1.54, 1.807) is 0 Å². The topological polar surface area (TPSA) is 12.5 Å². The summed E-state index contributed by atoms with van der Waals surface area (Å²) < 4.78 is 8.85. The van der Waals surface area contributed by atoms with Gasteiger partial charge in [-0.05, 0) is 23.5 Å². The van der Waals surface area contributed by atoms with Crippen LogP contribution >= 0.6 is 0 Å². The van der Waals surface area contributed by atoms with Crippen LogP contribution in [0.15, 0.2) is 0 Å². The molecule has 4 heteroatoms. The van der Waals surface area contributed by atoms with Gasteiger partial charge >= 0.3 is 0 Å². The average molecular weight is 260 g/mol. The molecule has 1 aliphatic heterocycles. The minimum absolute atomic E-state index is 0.311. The fourth-order valence-electron chi connectivity index (χ4n) is 3.69. The molecule has 1 rings (SSSR count). The molecule has 0 aromatic carbocycles. The van der Waals surface area contributed by atoms with Gasteiger partial charge in [0.15, 0.2) is 9.28 Å². The molecule has 1 unspecified atom stereocenters. The van der Waals surface area contributed by atoms with Crippen LogP contribution in [-0.4, -0.2) is 40.3 Å². The predicted octanol–water partition coefficient (Wildman–Crippen LogP) is 2.32. The summed E-state index contributed by atoms with van der Waals surface area (Å²) in [4.78, 5) is 0. The fourth-order valence-corrected chi connectivity index (χ4v) is 16.5. The van der Waals surface area contributed by atoms with E-state index >= 15 is 0 Å². The van der Waals surface area contributed by atoms with Crippen LogP contribution in [0.1, 0.15) is 41.5 Å². The third kappa shape index (κ3) is 3.18. The molecule has 0 spiro atoms. The molecular weight excluding hydrogens is 230 g/mol.